The number of hydrogen-bond acceptors (Lipinski definition) is 5. The van der Waals surface area contributed by atoms with Crippen LogP contribution in [0.1, 0.15) is 44.1 Å². The minimum Gasteiger partial charge on any atom is -0.481 e. The average Bonchev–Trinajstić information content (AvgIpc) is 2.79. The van der Waals surface area contributed by atoms with Crippen molar-refractivity contribution in [3.63, 3.8) is 0 Å². The summed E-state index contributed by atoms with van der Waals surface area (Å²) >= 11 is 6.07. The Morgan fingerprint density at radius 3 is 2.59 bits per heavy atom. The van der Waals surface area contributed by atoms with Gasteiger partial charge in [0.2, 0.25) is 0 Å². The number of hydrogen-bond donors (Lipinski definition) is 2. The first-order valence-corrected chi connectivity index (χ1v) is 11.6. The predicted octanol–water partition coefficient (Wildman–Crippen LogP) is 5.68. The van der Waals surface area contributed by atoms with Gasteiger partial charge >= 0.3 is 5.97 Å². The Balaban J connectivity index is 2.01. The van der Waals surface area contributed by atoms with Crippen molar-refractivity contribution < 1.29 is 19.4 Å². The maximum absolute atomic E-state index is 11.4. The fourth-order valence-electron chi connectivity index (χ4n) is 4.27. The number of benzene rings is 2. The number of carboxylic acid groups (broad SMARTS) is 1. The van der Waals surface area contributed by atoms with E-state index in [0.29, 0.717) is 17.7 Å². The van der Waals surface area contributed by atoms with Gasteiger partial charge in [-0.1, -0.05) is 24.6 Å². The zero-order chi connectivity index (χ0) is 22.9. The van der Waals surface area contributed by atoms with Crippen molar-refractivity contribution in [3.8, 4) is 0 Å². The highest BCUT2D eigenvalue weighted by molar-refractivity contribution is 6.30. The molecule has 2 aromatic carbocycles. The average molecular weight is 461 g/mol. The lowest BCUT2D eigenvalue weighted by Gasteiger charge is -2.37. The third-order valence-corrected chi connectivity index (χ3v) is 6.06. The quantitative estimate of drug-likeness (QED) is 0.449. The molecule has 0 saturated carbocycles. The maximum atomic E-state index is 11.4. The van der Waals surface area contributed by atoms with E-state index < -0.39 is 5.97 Å². The van der Waals surface area contributed by atoms with E-state index in [1.165, 1.54) is 0 Å². The standard InChI is InChI=1S/C25H33ClN2O4/c1-3-12-28(22-10-13-32-14-11-22)24-9-4-18(19(17-31-2)16-25(29)30)15-23(24)27-21-7-5-20(26)6-8-21/h4-9,15,19,22,27H,3,10-14,16-17H2,1-2H3,(H,29,30)/t19-/m1/s1. The molecule has 0 amide bonds. The second kappa shape index (κ2) is 12.1. The Labute approximate surface area is 195 Å². The van der Waals surface area contributed by atoms with Crippen molar-refractivity contribution in [1.29, 1.82) is 0 Å². The number of ether oxygens (including phenoxy) is 2. The van der Waals surface area contributed by atoms with Gasteiger partial charge in [0.1, 0.15) is 0 Å². The minimum absolute atomic E-state index is 0.0200. The molecule has 174 valence electrons. The maximum Gasteiger partial charge on any atom is 0.304 e. The van der Waals surface area contributed by atoms with Crippen molar-refractivity contribution in [2.75, 3.05) is 43.7 Å². The molecule has 1 saturated heterocycles. The molecule has 0 unspecified atom stereocenters. The first-order chi connectivity index (χ1) is 15.5. The molecule has 0 radical (unpaired) electrons. The van der Waals surface area contributed by atoms with Crippen LogP contribution in [-0.4, -0.2) is 50.6 Å². The summed E-state index contributed by atoms with van der Waals surface area (Å²) in [6.45, 7) is 5.03. The monoisotopic (exact) mass is 460 g/mol. The Morgan fingerprint density at radius 1 is 1.25 bits per heavy atom. The van der Waals surface area contributed by atoms with Gasteiger partial charge in [-0.25, -0.2) is 0 Å². The Bertz CT molecular complexity index is 869. The fourth-order valence-corrected chi connectivity index (χ4v) is 4.40. The topological polar surface area (TPSA) is 71.0 Å². The zero-order valence-electron chi connectivity index (χ0n) is 18.9. The zero-order valence-corrected chi connectivity index (χ0v) is 19.6. The van der Waals surface area contributed by atoms with Crippen molar-refractivity contribution >= 4 is 34.6 Å². The largest absolute Gasteiger partial charge is 0.481 e. The molecule has 32 heavy (non-hydrogen) atoms. The summed E-state index contributed by atoms with van der Waals surface area (Å²) in [5.74, 6) is -1.06. The number of carbonyl (C=O) groups is 1. The molecule has 0 bridgehead atoms. The van der Waals surface area contributed by atoms with Crippen molar-refractivity contribution in [2.24, 2.45) is 0 Å². The van der Waals surface area contributed by atoms with E-state index >= 15 is 0 Å². The van der Waals surface area contributed by atoms with Gasteiger partial charge in [0, 0.05) is 49.5 Å². The van der Waals surface area contributed by atoms with E-state index in [-0.39, 0.29) is 12.3 Å². The molecule has 0 spiro atoms. The first-order valence-electron chi connectivity index (χ1n) is 11.2. The van der Waals surface area contributed by atoms with E-state index in [0.717, 1.165) is 61.6 Å². The van der Waals surface area contributed by atoms with Gasteiger partial charge in [-0.2, -0.15) is 0 Å². The van der Waals surface area contributed by atoms with Crippen LogP contribution in [0.5, 0.6) is 0 Å². The second-order valence-corrected chi connectivity index (χ2v) is 8.63. The van der Waals surface area contributed by atoms with Gasteiger partial charge in [0.15, 0.2) is 0 Å². The van der Waals surface area contributed by atoms with Gasteiger partial charge in [-0.05, 0) is 61.2 Å². The molecule has 2 aromatic rings. The summed E-state index contributed by atoms with van der Waals surface area (Å²) in [5.41, 5.74) is 3.94. The van der Waals surface area contributed by atoms with Crippen molar-refractivity contribution in [1.82, 2.24) is 0 Å². The van der Waals surface area contributed by atoms with Crippen LogP contribution < -0.4 is 10.2 Å². The van der Waals surface area contributed by atoms with Gasteiger partial charge in [0.05, 0.1) is 24.4 Å². The van der Waals surface area contributed by atoms with Crippen molar-refractivity contribution in [3.05, 3.63) is 53.1 Å². The molecule has 2 N–H and O–H groups in total. The molecule has 7 heteroatoms. The van der Waals surface area contributed by atoms with Crippen molar-refractivity contribution in [2.45, 2.75) is 44.6 Å². The van der Waals surface area contributed by atoms with Crippen LogP contribution in [0.2, 0.25) is 5.02 Å². The molecule has 3 rings (SSSR count). The summed E-state index contributed by atoms with van der Waals surface area (Å²) in [7, 11) is 1.60. The SMILES string of the molecule is CCCN(c1ccc([C@@H](COC)CC(=O)O)cc1Nc1ccc(Cl)cc1)C1CCOCC1. The lowest BCUT2D eigenvalue weighted by atomic mass is 9.94. The number of anilines is 3. The summed E-state index contributed by atoms with van der Waals surface area (Å²) in [6.07, 6.45) is 3.04. The number of nitrogens with one attached hydrogen (secondary N) is 1. The Hall–Kier alpha value is -2.28. The number of nitrogens with zero attached hydrogens (tertiary/aromatic N) is 1. The number of methoxy groups -OCH3 is 1. The third kappa shape index (κ3) is 6.61. The lowest BCUT2D eigenvalue weighted by Crippen LogP contribution is -2.40. The molecule has 0 aliphatic carbocycles. The number of rotatable bonds is 11. The van der Waals surface area contributed by atoms with E-state index in [1.54, 1.807) is 7.11 Å². The number of halogens is 1. The highest BCUT2D eigenvalue weighted by atomic mass is 35.5. The second-order valence-electron chi connectivity index (χ2n) is 8.20. The summed E-state index contributed by atoms with van der Waals surface area (Å²) in [4.78, 5) is 13.9. The minimum atomic E-state index is -0.835. The van der Waals surface area contributed by atoms with E-state index in [9.17, 15) is 9.90 Å². The van der Waals surface area contributed by atoms with Crippen LogP contribution in [0.15, 0.2) is 42.5 Å². The molecule has 1 aliphatic rings. The van der Waals surface area contributed by atoms with Gasteiger partial charge < -0.3 is 24.8 Å². The number of carboxylic acids is 1. The molecule has 1 fully saturated rings. The summed E-state index contributed by atoms with van der Waals surface area (Å²) in [5, 5.41) is 13.6. The molecule has 1 atom stereocenters. The van der Waals surface area contributed by atoms with Crippen LogP contribution in [0.4, 0.5) is 17.1 Å². The Morgan fingerprint density at radius 2 is 1.97 bits per heavy atom. The smallest absolute Gasteiger partial charge is 0.304 e. The van der Waals surface area contributed by atoms with Crippen LogP contribution in [0.3, 0.4) is 0 Å². The van der Waals surface area contributed by atoms with Crippen LogP contribution in [0, 0.1) is 0 Å². The highest BCUT2D eigenvalue weighted by Gasteiger charge is 2.25. The highest BCUT2D eigenvalue weighted by Crippen LogP contribution is 2.36. The van der Waals surface area contributed by atoms with Crippen LogP contribution >= 0.6 is 11.6 Å². The normalized spacial score (nSPS) is 15.3. The molecular formula is C25H33ClN2O4. The first kappa shape index (κ1) is 24.4. The predicted molar refractivity (Wildman–Crippen MR) is 130 cm³/mol. The summed E-state index contributed by atoms with van der Waals surface area (Å²) < 4.78 is 10.9. The molecule has 1 heterocycles. The van der Waals surface area contributed by atoms with Gasteiger partial charge in [-0.3, -0.25) is 4.79 Å². The molecular weight excluding hydrogens is 428 g/mol. The lowest BCUT2D eigenvalue weighted by molar-refractivity contribution is -0.137. The van der Waals surface area contributed by atoms with Crippen LogP contribution in [0.25, 0.3) is 0 Å². The van der Waals surface area contributed by atoms with Crippen LogP contribution in [-0.2, 0) is 14.3 Å². The third-order valence-electron chi connectivity index (χ3n) is 5.81. The van der Waals surface area contributed by atoms with Gasteiger partial charge in [0.25, 0.3) is 0 Å². The fraction of sp³-hybridized carbons (Fsp3) is 0.480. The summed E-state index contributed by atoms with van der Waals surface area (Å²) in [6, 6.07) is 14.2. The molecule has 0 aromatic heterocycles. The molecule has 6 nitrogen and oxygen atoms in total. The van der Waals surface area contributed by atoms with Gasteiger partial charge in [-0.15, -0.1) is 0 Å². The molecule has 1 aliphatic heterocycles. The van der Waals surface area contributed by atoms with E-state index in [4.69, 9.17) is 21.1 Å². The van der Waals surface area contributed by atoms with E-state index in [2.05, 4.69) is 29.3 Å². The number of aliphatic carboxylic acids is 1. The van der Waals surface area contributed by atoms with E-state index in [1.807, 2.05) is 30.3 Å². The Kier molecular flexibility index (Phi) is 9.21.